The van der Waals surface area contributed by atoms with Gasteiger partial charge in [0, 0.05) is 3.57 Å². The number of nitrogens with zero attached hydrogens (tertiary/aromatic N) is 1. The Kier molecular flexibility index (Phi) is 3.90. The molecule has 17 heavy (non-hydrogen) atoms. The molecule has 2 aromatic rings. The highest BCUT2D eigenvalue weighted by Gasteiger charge is 2.02. The smallest absolute Gasteiger partial charge is 0.131 e. The van der Waals surface area contributed by atoms with Crippen LogP contribution in [0.4, 0.5) is 11.5 Å². The first-order valence-corrected chi connectivity index (χ1v) is 6.44. The van der Waals surface area contributed by atoms with E-state index in [1.807, 2.05) is 36.4 Å². The van der Waals surface area contributed by atoms with Gasteiger partial charge >= 0.3 is 0 Å². The molecule has 0 aliphatic heterocycles. The lowest BCUT2D eigenvalue weighted by atomic mass is 10.3. The van der Waals surface area contributed by atoms with Crippen LogP contribution >= 0.6 is 34.8 Å². The topological polar surface area (TPSA) is 50.9 Å². The van der Waals surface area contributed by atoms with Gasteiger partial charge in [-0.2, -0.15) is 0 Å². The molecule has 0 amide bonds. The van der Waals surface area contributed by atoms with Gasteiger partial charge in [-0.05, 0) is 46.9 Å². The third-order valence-corrected chi connectivity index (χ3v) is 3.29. The van der Waals surface area contributed by atoms with Crippen LogP contribution in [0, 0.1) is 3.57 Å². The number of nitrogens with one attached hydrogen (secondary N) is 1. The van der Waals surface area contributed by atoms with Crippen LogP contribution < -0.4 is 11.1 Å². The molecule has 0 atom stereocenters. The average Bonchev–Trinajstić information content (AvgIpc) is 2.32. The zero-order valence-electron chi connectivity index (χ0n) is 8.85. The fraction of sp³-hybridized carbons (Fsp3) is 0. The van der Waals surface area contributed by atoms with Gasteiger partial charge in [0.25, 0.3) is 0 Å². The summed E-state index contributed by atoms with van der Waals surface area (Å²) in [6.45, 7) is 0. The first kappa shape index (κ1) is 12.3. The van der Waals surface area contributed by atoms with E-state index >= 15 is 0 Å². The summed E-state index contributed by atoms with van der Waals surface area (Å²) >= 11 is 7.17. The number of halogens is 1. The molecule has 1 heterocycles. The molecule has 0 bridgehead atoms. The van der Waals surface area contributed by atoms with Crippen LogP contribution in [0.3, 0.4) is 0 Å². The van der Waals surface area contributed by atoms with E-state index < -0.39 is 0 Å². The summed E-state index contributed by atoms with van der Waals surface area (Å²) in [5.41, 5.74) is 7.18. The zero-order chi connectivity index (χ0) is 12.3. The van der Waals surface area contributed by atoms with E-state index in [2.05, 4.69) is 32.9 Å². The SMILES string of the molecule is NC(=S)c1cccc(Nc2ccccc2I)n1. The van der Waals surface area contributed by atoms with Crippen molar-refractivity contribution in [2.45, 2.75) is 0 Å². The lowest BCUT2D eigenvalue weighted by Crippen LogP contribution is -2.12. The van der Waals surface area contributed by atoms with E-state index in [4.69, 9.17) is 18.0 Å². The number of nitrogens with two attached hydrogens (primary N) is 1. The summed E-state index contributed by atoms with van der Waals surface area (Å²) in [7, 11) is 0. The van der Waals surface area contributed by atoms with Crippen molar-refractivity contribution in [2.24, 2.45) is 5.73 Å². The van der Waals surface area contributed by atoms with E-state index in [-0.39, 0.29) is 0 Å². The van der Waals surface area contributed by atoms with Crippen LogP contribution in [0.15, 0.2) is 42.5 Å². The number of hydrogen-bond acceptors (Lipinski definition) is 3. The summed E-state index contributed by atoms with van der Waals surface area (Å²) < 4.78 is 1.13. The number of para-hydroxylation sites is 1. The maximum absolute atomic E-state index is 5.55. The second-order valence-corrected chi connectivity index (χ2v) is 4.98. The highest BCUT2D eigenvalue weighted by Crippen LogP contribution is 2.20. The minimum atomic E-state index is 0.302. The van der Waals surface area contributed by atoms with Crippen molar-refractivity contribution in [3.05, 3.63) is 51.7 Å². The van der Waals surface area contributed by atoms with Crippen molar-refractivity contribution in [1.29, 1.82) is 0 Å². The van der Waals surface area contributed by atoms with Crippen LogP contribution in [0.25, 0.3) is 0 Å². The second kappa shape index (κ2) is 5.42. The number of aromatic nitrogens is 1. The summed E-state index contributed by atoms with van der Waals surface area (Å²) in [5.74, 6) is 0.736. The largest absolute Gasteiger partial charge is 0.388 e. The van der Waals surface area contributed by atoms with Crippen LogP contribution in [0.1, 0.15) is 5.69 Å². The highest BCUT2D eigenvalue weighted by molar-refractivity contribution is 14.1. The molecule has 0 unspecified atom stereocenters. The summed E-state index contributed by atoms with van der Waals surface area (Å²) in [4.78, 5) is 4.63. The predicted octanol–water partition coefficient (Wildman–Crippen LogP) is 3.06. The molecule has 2 rings (SSSR count). The molecular formula is C12H10IN3S. The quantitative estimate of drug-likeness (QED) is 0.656. The van der Waals surface area contributed by atoms with Crippen molar-refractivity contribution in [3.8, 4) is 0 Å². The summed E-state index contributed by atoms with van der Waals surface area (Å²) in [6.07, 6.45) is 0. The molecule has 0 radical (unpaired) electrons. The van der Waals surface area contributed by atoms with Gasteiger partial charge in [-0.15, -0.1) is 0 Å². The van der Waals surface area contributed by atoms with Crippen molar-refractivity contribution >= 4 is 51.3 Å². The Balaban J connectivity index is 2.28. The molecule has 86 valence electrons. The van der Waals surface area contributed by atoms with Gasteiger partial charge in [0.2, 0.25) is 0 Å². The van der Waals surface area contributed by atoms with E-state index in [0.29, 0.717) is 10.7 Å². The minimum Gasteiger partial charge on any atom is -0.388 e. The zero-order valence-corrected chi connectivity index (χ0v) is 11.8. The predicted molar refractivity (Wildman–Crippen MR) is 82.6 cm³/mol. The molecule has 1 aromatic carbocycles. The van der Waals surface area contributed by atoms with Crippen molar-refractivity contribution < 1.29 is 0 Å². The van der Waals surface area contributed by atoms with Crippen molar-refractivity contribution in [2.75, 3.05) is 5.32 Å². The van der Waals surface area contributed by atoms with E-state index in [9.17, 15) is 0 Å². The summed E-state index contributed by atoms with van der Waals surface area (Å²) in [6, 6.07) is 13.5. The standard InChI is InChI=1S/C12H10IN3S/c13-8-4-1-2-5-9(8)15-11-7-3-6-10(16-11)12(14)17/h1-7H,(H2,14,17)(H,15,16). The van der Waals surface area contributed by atoms with E-state index in [1.165, 1.54) is 0 Å². The first-order valence-electron chi connectivity index (χ1n) is 4.95. The molecule has 0 fully saturated rings. The van der Waals surface area contributed by atoms with Crippen LogP contribution in [0.5, 0.6) is 0 Å². The van der Waals surface area contributed by atoms with E-state index in [0.717, 1.165) is 15.1 Å². The van der Waals surface area contributed by atoms with Gasteiger partial charge in [0.05, 0.1) is 11.4 Å². The molecule has 0 saturated carbocycles. The Morgan fingerprint density at radius 1 is 1.18 bits per heavy atom. The number of anilines is 2. The van der Waals surface area contributed by atoms with Gasteiger partial charge in [0.1, 0.15) is 10.8 Å². The molecule has 0 aliphatic rings. The van der Waals surface area contributed by atoms with Gasteiger partial charge in [-0.25, -0.2) is 4.98 Å². The summed E-state index contributed by atoms with van der Waals surface area (Å²) in [5, 5.41) is 3.23. The van der Waals surface area contributed by atoms with Crippen LogP contribution in [0.2, 0.25) is 0 Å². The fourth-order valence-electron chi connectivity index (χ4n) is 1.34. The molecule has 1 aromatic heterocycles. The lowest BCUT2D eigenvalue weighted by molar-refractivity contribution is 1.28. The highest BCUT2D eigenvalue weighted by atomic mass is 127. The van der Waals surface area contributed by atoms with Crippen molar-refractivity contribution in [1.82, 2.24) is 4.98 Å². The number of benzene rings is 1. The van der Waals surface area contributed by atoms with Crippen molar-refractivity contribution in [3.63, 3.8) is 0 Å². The van der Waals surface area contributed by atoms with Gasteiger partial charge < -0.3 is 11.1 Å². The Labute approximate surface area is 119 Å². The fourth-order valence-corrected chi connectivity index (χ4v) is 1.98. The molecular weight excluding hydrogens is 345 g/mol. The molecule has 0 spiro atoms. The van der Waals surface area contributed by atoms with Gasteiger partial charge in [-0.3, -0.25) is 0 Å². The normalized spacial score (nSPS) is 9.94. The Morgan fingerprint density at radius 2 is 1.94 bits per heavy atom. The number of rotatable bonds is 3. The lowest BCUT2D eigenvalue weighted by Gasteiger charge is -2.08. The third-order valence-electron chi connectivity index (χ3n) is 2.14. The number of hydrogen-bond donors (Lipinski definition) is 2. The average molecular weight is 355 g/mol. The third kappa shape index (κ3) is 3.13. The maximum Gasteiger partial charge on any atom is 0.131 e. The number of pyridine rings is 1. The van der Waals surface area contributed by atoms with E-state index in [1.54, 1.807) is 6.07 Å². The Bertz CT molecular complexity index is 557. The van der Waals surface area contributed by atoms with Crippen LogP contribution in [-0.4, -0.2) is 9.97 Å². The number of thiocarbonyl (C=S) groups is 1. The van der Waals surface area contributed by atoms with Gasteiger partial charge in [-0.1, -0.05) is 30.4 Å². The molecule has 5 heteroatoms. The molecule has 0 saturated heterocycles. The molecule has 0 aliphatic carbocycles. The monoisotopic (exact) mass is 355 g/mol. The molecule has 3 nitrogen and oxygen atoms in total. The Morgan fingerprint density at radius 3 is 2.65 bits per heavy atom. The maximum atomic E-state index is 5.55. The second-order valence-electron chi connectivity index (χ2n) is 3.38. The van der Waals surface area contributed by atoms with Gasteiger partial charge in [0.15, 0.2) is 0 Å². The van der Waals surface area contributed by atoms with Crippen LogP contribution in [-0.2, 0) is 0 Å². The minimum absolute atomic E-state index is 0.302. The first-order chi connectivity index (χ1) is 8.16. The molecule has 3 N–H and O–H groups in total. The Hall–Kier alpha value is -1.21.